The van der Waals surface area contributed by atoms with Crippen molar-refractivity contribution >= 4 is 5.91 Å². The summed E-state index contributed by atoms with van der Waals surface area (Å²) in [6.45, 7) is 1.45. The van der Waals surface area contributed by atoms with Crippen LogP contribution in [0.2, 0.25) is 0 Å². The number of rotatable bonds is 5. The number of aliphatic hydroxyl groups is 1. The minimum Gasteiger partial charge on any atom is -0.385 e. The molecule has 3 nitrogen and oxygen atoms in total. The summed E-state index contributed by atoms with van der Waals surface area (Å²) in [7, 11) is 0. The van der Waals surface area contributed by atoms with E-state index in [1.807, 2.05) is 13.0 Å². The van der Waals surface area contributed by atoms with Gasteiger partial charge in [-0.15, -0.1) is 0 Å². The van der Waals surface area contributed by atoms with E-state index in [1.165, 1.54) is 0 Å². The first kappa shape index (κ1) is 13.6. The van der Waals surface area contributed by atoms with Crippen molar-refractivity contribution in [2.24, 2.45) is 0 Å². The third kappa shape index (κ3) is 3.78. The molecule has 0 bridgehead atoms. The lowest BCUT2D eigenvalue weighted by Crippen LogP contribution is -2.36. The van der Waals surface area contributed by atoms with Gasteiger partial charge >= 0.3 is 0 Å². The van der Waals surface area contributed by atoms with E-state index in [9.17, 15) is 13.6 Å². The smallest absolute Gasteiger partial charge is 0.265 e. The van der Waals surface area contributed by atoms with Gasteiger partial charge in [-0.2, -0.15) is 0 Å². The maximum Gasteiger partial charge on any atom is 0.265 e. The standard InChI is InChI=1S/C12H15F2NO2/c1-2-8-5-3-4-6-9(8)12(17)15-7-10(16)11(13)14/h3-6,10-11,16H,2,7H2,1H3,(H,15,17). The first-order valence-electron chi connectivity index (χ1n) is 5.38. The number of carbonyl (C=O) groups excluding carboxylic acids is 1. The van der Waals surface area contributed by atoms with Crippen molar-refractivity contribution in [1.29, 1.82) is 0 Å². The van der Waals surface area contributed by atoms with Crippen LogP contribution in [-0.4, -0.2) is 30.1 Å². The highest BCUT2D eigenvalue weighted by Crippen LogP contribution is 2.09. The fourth-order valence-electron chi connectivity index (χ4n) is 1.43. The molecule has 17 heavy (non-hydrogen) atoms. The molecule has 0 fully saturated rings. The second-order valence-corrected chi connectivity index (χ2v) is 3.62. The summed E-state index contributed by atoms with van der Waals surface area (Å²) in [6.07, 6.45) is -3.99. The first-order chi connectivity index (χ1) is 8.06. The SMILES string of the molecule is CCc1ccccc1C(=O)NCC(O)C(F)F. The van der Waals surface area contributed by atoms with E-state index in [0.29, 0.717) is 12.0 Å². The number of alkyl halides is 2. The van der Waals surface area contributed by atoms with Crippen molar-refractivity contribution in [2.45, 2.75) is 25.9 Å². The lowest BCUT2D eigenvalue weighted by molar-refractivity contribution is -0.00270. The Hall–Kier alpha value is -1.49. The summed E-state index contributed by atoms with van der Waals surface area (Å²) in [6, 6.07) is 6.95. The predicted octanol–water partition coefficient (Wildman–Crippen LogP) is 1.60. The third-order valence-electron chi connectivity index (χ3n) is 2.41. The molecule has 0 spiro atoms. The number of nitrogens with one attached hydrogen (secondary N) is 1. The molecule has 0 saturated carbocycles. The zero-order valence-corrected chi connectivity index (χ0v) is 9.49. The number of benzene rings is 1. The number of aliphatic hydroxyl groups excluding tert-OH is 1. The molecule has 1 aromatic rings. The van der Waals surface area contributed by atoms with Crippen LogP contribution in [-0.2, 0) is 6.42 Å². The summed E-state index contributed by atoms with van der Waals surface area (Å²) >= 11 is 0. The second kappa shape index (κ2) is 6.30. The predicted molar refractivity (Wildman–Crippen MR) is 60.2 cm³/mol. The van der Waals surface area contributed by atoms with Crippen LogP contribution < -0.4 is 5.32 Å². The monoisotopic (exact) mass is 243 g/mol. The molecule has 0 radical (unpaired) electrons. The van der Waals surface area contributed by atoms with E-state index in [1.54, 1.807) is 18.2 Å². The molecule has 1 amide bonds. The van der Waals surface area contributed by atoms with Gasteiger partial charge in [0.1, 0.15) is 6.10 Å². The molecule has 94 valence electrons. The van der Waals surface area contributed by atoms with E-state index in [-0.39, 0.29) is 0 Å². The Kier molecular flexibility index (Phi) is 5.03. The fourth-order valence-corrected chi connectivity index (χ4v) is 1.43. The highest BCUT2D eigenvalue weighted by Gasteiger charge is 2.18. The number of amides is 1. The van der Waals surface area contributed by atoms with Crippen LogP contribution in [0.5, 0.6) is 0 Å². The molecule has 0 heterocycles. The number of hydrogen-bond acceptors (Lipinski definition) is 2. The highest BCUT2D eigenvalue weighted by molar-refractivity contribution is 5.95. The summed E-state index contributed by atoms with van der Waals surface area (Å²) in [5.74, 6) is -0.442. The molecule has 1 atom stereocenters. The van der Waals surface area contributed by atoms with E-state index in [2.05, 4.69) is 5.32 Å². The Balaban J connectivity index is 2.64. The number of aryl methyl sites for hydroxylation is 1. The van der Waals surface area contributed by atoms with Gasteiger partial charge in [-0.1, -0.05) is 25.1 Å². The molecule has 1 aromatic carbocycles. The van der Waals surface area contributed by atoms with Gasteiger partial charge in [0, 0.05) is 12.1 Å². The van der Waals surface area contributed by atoms with Crippen LogP contribution in [0.1, 0.15) is 22.8 Å². The maximum atomic E-state index is 12.0. The van der Waals surface area contributed by atoms with Gasteiger partial charge in [-0.25, -0.2) is 8.78 Å². The Morgan fingerprint density at radius 1 is 1.41 bits per heavy atom. The largest absolute Gasteiger partial charge is 0.385 e. The minimum atomic E-state index is -2.85. The summed E-state index contributed by atoms with van der Waals surface area (Å²) in [5.41, 5.74) is 1.30. The molecular formula is C12H15F2NO2. The van der Waals surface area contributed by atoms with Crippen LogP contribution in [0.3, 0.4) is 0 Å². The molecule has 0 aromatic heterocycles. The quantitative estimate of drug-likeness (QED) is 0.825. The average Bonchev–Trinajstić information content (AvgIpc) is 2.35. The van der Waals surface area contributed by atoms with E-state index in [4.69, 9.17) is 5.11 Å². The van der Waals surface area contributed by atoms with Gasteiger partial charge < -0.3 is 10.4 Å². The lowest BCUT2D eigenvalue weighted by Gasteiger charge is -2.12. The van der Waals surface area contributed by atoms with Crippen molar-refractivity contribution in [1.82, 2.24) is 5.32 Å². The second-order valence-electron chi connectivity index (χ2n) is 3.62. The van der Waals surface area contributed by atoms with E-state index in [0.717, 1.165) is 5.56 Å². The van der Waals surface area contributed by atoms with Gasteiger partial charge in [0.25, 0.3) is 12.3 Å². The number of hydrogen-bond donors (Lipinski definition) is 2. The maximum absolute atomic E-state index is 12.0. The van der Waals surface area contributed by atoms with Crippen molar-refractivity contribution in [3.05, 3.63) is 35.4 Å². The summed E-state index contributed by atoms with van der Waals surface area (Å²) in [4.78, 5) is 11.7. The van der Waals surface area contributed by atoms with Crippen LogP contribution >= 0.6 is 0 Å². The molecule has 0 saturated heterocycles. The molecule has 5 heteroatoms. The zero-order chi connectivity index (χ0) is 12.8. The highest BCUT2D eigenvalue weighted by atomic mass is 19.3. The van der Waals surface area contributed by atoms with E-state index < -0.39 is 25.0 Å². The van der Waals surface area contributed by atoms with Gasteiger partial charge in [0.15, 0.2) is 0 Å². The number of carbonyl (C=O) groups is 1. The van der Waals surface area contributed by atoms with Gasteiger partial charge in [0.2, 0.25) is 0 Å². The van der Waals surface area contributed by atoms with Crippen LogP contribution in [0.25, 0.3) is 0 Å². The van der Waals surface area contributed by atoms with Crippen LogP contribution in [0.15, 0.2) is 24.3 Å². The molecule has 0 aliphatic heterocycles. The van der Waals surface area contributed by atoms with Crippen molar-refractivity contribution in [2.75, 3.05) is 6.54 Å². The number of halogens is 2. The van der Waals surface area contributed by atoms with Crippen LogP contribution in [0, 0.1) is 0 Å². The molecule has 1 rings (SSSR count). The van der Waals surface area contributed by atoms with Crippen molar-refractivity contribution in [3.63, 3.8) is 0 Å². The van der Waals surface area contributed by atoms with Gasteiger partial charge in [-0.3, -0.25) is 4.79 Å². The Morgan fingerprint density at radius 3 is 2.65 bits per heavy atom. The fraction of sp³-hybridized carbons (Fsp3) is 0.417. The lowest BCUT2D eigenvalue weighted by atomic mass is 10.0. The summed E-state index contributed by atoms with van der Waals surface area (Å²) in [5, 5.41) is 11.2. The Labute approximate surface area is 98.5 Å². The van der Waals surface area contributed by atoms with Gasteiger partial charge in [-0.05, 0) is 18.1 Å². The topological polar surface area (TPSA) is 49.3 Å². The Morgan fingerprint density at radius 2 is 2.06 bits per heavy atom. The normalized spacial score (nSPS) is 12.5. The van der Waals surface area contributed by atoms with Gasteiger partial charge in [0.05, 0.1) is 0 Å². The van der Waals surface area contributed by atoms with Crippen molar-refractivity contribution in [3.8, 4) is 0 Å². The zero-order valence-electron chi connectivity index (χ0n) is 9.49. The first-order valence-corrected chi connectivity index (χ1v) is 5.38. The molecule has 2 N–H and O–H groups in total. The van der Waals surface area contributed by atoms with Crippen LogP contribution in [0.4, 0.5) is 8.78 Å². The minimum absolute atomic E-state index is 0.442. The Bertz CT molecular complexity index is 383. The summed E-state index contributed by atoms with van der Waals surface area (Å²) < 4.78 is 24.1. The molecule has 1 unspecified atom stereocenters. The molecule has 0 aliphatic carbocycles. The molecule has 0 aliphatic rings. The van der Waals surface area contributed by atoms with E-state index >= 15 is 0 Å². The van der Waals surface area contributed by atoms with Crippen molar-refractivity contribution < 1.29 is 18.7 Å². The third-order valence-corrected chi connectivity index (χ3v) is 2.41. The average molecular weight is 243 g/mol. The molecular weight excluding hydrogens is 228 g/mol.